The summed E-state index contributed by atoms with van der Waals surface area (Å²) in [5.74, 6) is 0. The molecule has 8 nitrogen and oxygen atoms in total. The van der Waals surface area contributed by atoms with Crippen molar-refractivity contribution in [2.24, 2.45) is 0 Å². The molecule has 0 amide bonds. The molecule has 0 rings (SSSR count). The standard InChI is InChI=1S/C13H28N2O6P2/c1-9(2)18-22(16,19-10(3)4)13(15-14)23(17,20-11(5)6)21-12(7)8/h9-12H,1-8H3. The van der Waals surface area contributed by atoms with Gasteiger partial charge >= 0.3 is 20.4 Å². The number of nitrogens with zero attached hydrogens (tertiary/aromatic N) is 2. The lowest BCUT2D eigenvalue weighted by molar-refractivity contribution is -0.00528. The van der Waals surface area contributed by atoms with Gasteiger partial charge in [-0.1, -0.05) is 0 Å². The minimum Gasteiger partial charge on any atom is -0.360 e. The summed E-state index contributed by atoms with van der Waals surface area (Å²) in [6, 6.07) is 0. The van der Waals surface area contributed by atoms with E-state index in [4.69, 9.17) is 18.1 Å². The van der Waals surface area contributed by atoms with Crippen molar-refractivity contribution >= 4 is 20.4 Å². The zero-order valence-electron chi connectivity index (χ0n) is 15.0. The van der Waals surface area contributed by atoms with Crippen LogP contribution in [-0.2, 0) is 27.2 Å². The first-order valence-electron chi connectivity index (χ1n) is 7.53. The summed E-state index contributed by atoms with van der Waals surface area (Å²) in [6.45, 7) is 13.0. The van der Waals surface area contributed by atoms with Crippen LogP contribution >= 0.6 is 15.2 Å². The highest BCUT2D eigenvalue weighted by atomic mass is 31.2. The maximum atomic E-state index is 13.1. The normalized spacial score (nSPS) is 13.2. The summed E-state index contributed by atoms with van der Waals surface area (Å²) in [4.78, 5) is 2.93. The van der Waals surface area contributed by atoms with Crippen molar-refractivity contribution in [3.8, 4) is 0 Å². The Balaban J connectivity index is 6.07. The average Bonchev–Trinajstić information content (AvgIpc) is 2.22. The summed E-state index contributed by atoms with van der Waals surface area (Å²) >= 11 is 0. The second-order valence-electron chi connectivity index (χ2n) is 6.01. The highest BCUT2D eigenvalue weighted by Gasteiger charge is 2.58. The van der Waals surface area contributed by atoms with Gasteiger partial charge in [-0.3, -0.25) is 18.1 Å². The Morgan fingerprint density at radius 2 is 0.913 bits per heavy atom. The van der Waals surface area contributed by atoms with E-state index >= 15 is 0 Å². The molecule has 0 bridgehead atoms. The van der Waals surface area contributed by atoms with Gasteiger partial charge in [0, 0.05) is 0 Å². The second kappa shape index (κ2) is 9.24. The molecule has 0 aromatic carbocycles. The Labute approximate surface area is 138 Å². The van der Waals surface area contributed by atoms with E-state index in [1.807, 2.05) is 0 Å². The fourth-order valence-electron chi connectivity index (χ4n) is 1.61. The van der Waals surface area contributed by atoms with E-state index in [1.54, 1.807) is 55.4 Å². The van der Waals surface area contributed by atoms with E-state index in [9.17, 15) is 14.7 Å². The second-order valence-corrected chi connectivity index (χ2v) is 10.0. The van der Waals surface area contributed by atoms with Crippen molar-refractivity contribution in [1.82, 2.24) is 0 Å². The van der Waals surface area contributed by atoms with E-state index in [1.165, 1.54) is 0 Å². The molecular weight excluding hydrogens is 342 g/mol. The summed E-state index contributed by atoms with van der Waals surface area (Å²) in [5.41, 5.74) is 9.37. The van der Waals surface area contributed by atoms with E-state index in [0.29, 0.717) is 0 Å². The van der Waals surface area contributed by atoms with Gasteiger partial charge in [0.1, 0.15) is 0 Å². The molecule has 0 aromatic heterocycles. The minimum atomic E-state index is -4.19. The topological polar surface area (TPSA) is 107 Å². The van der Waals surface area contributed by atoms with Gasteiger partial charge in [0.15, 0.2) is 0 Å². The van der Waals surface area contributed by atoms with Gasteiger partial charge in [0.05, 0.1) is 24.4 Å². The smallest absolute Gasteiger partial charge is 0.360 e. The molecular formula is C13H28N2O6P2. The number of rotatable bonds is 10. The molecule has 0 saturated carbocycles. The van der Waals surface area contributed by atoms with Crippen LogP contribution in [0.1, 0.15) is 55.4 Å². The van der Waals surface area contributed by atoms with Gasteiger partial charge in [-0.25, -0.2) is 9.13 Å². The van der Waals surface area contributed by atoms with Crippen LogP contribution in [0.5, 0.6) is 0 Å². The van der Waals surface area contributed by atoms with E-state index in [2.05, 4.69) is 4.79 Å². The Morgan fingerprint density at radius 3 is 1.04 bits per heavy atom. The van der Waals surface area contributed by atoms with Gasteiger partial charge in [-0.15, -0.1) is 4.79 Å². The molecule has 0 N–H and O–H groups in total. The predicted molar refractivity (Wildman–Crippen MR) is 88.7 cm³/mol. The highest BCUT2D eigenvalue weighted by Crippen LogP contribution is 2.67. The SMILES string of the molecule is CC(C)OP(=O)(OC(C)C)C(=[N+]=[N-])P(=O)(OC(C)C)OC(C)C. The van der Waals surface area contributed by atoms with Crippen LogP contribution in [0.4, 0.5) is 0 Å². The van der Waals surface area contributed by atoms with Crippen LogP contribution in [-0.4, -0.2) is 34.4 Å². The van der Waals surface area contributed by atoms with Crippen molar-refractivity contribution in [2.75, 3.05) is 0 Å². The number of hydrogen-bond donors (Lipinski definition) is 0. The third kappa shape index (κ3) is 7.40. The maximum Gasteiger partial charge on any atom is 0.486 e. The van der Waals surface area contributed by atoms with Gasteiger partial charge in [0.2, 0.25) is 0 Å². The van der Waals surface area contributed by atoms with Gasteiger partial charge in [-0.05, 0) is 55.4 Å². The first-order chi connectivity index (χ1) is 10.4. The Kier molecular flexibility index (Phi) is 9.11. The van der Waals surface area contributed by atoms with Crippen LogP contribution in [0, 0.1) is 0 Å². The molecule has 0 aliphatic rings. The van der Waals surface area contributed by atoms with Crippen LogP contribution in [0.25, 0.3) is 5.53 Å². The van der Waals surface area contributed by atoms with E-state index in [-0.39, 0.29) is 0 Å². The highest BCUT2D eigenvalue weighted by molar-refractivity contribution is 7.98. The lowest BCUT2D eigenvalue weighted by Crippen LogP contribution is -2.20. The van der Waals surface area contributed by atoms with Gasteiger partial charge < -0.3 is 5.53 Å². The molecule has 0 unspecified atom stereocenters. The molecule has 0 aromatic rings. The Bertz CT molecular complexity index is 459. The van der Waals surface area contributed by atoms with Crippen molar-refractivity contribution in [3.05, 3.63) is 5.53 Å². The summed E-state index contributed by atoms with van der Waals surface area (Å²) in [5, 5.41) is -0.741. The zero-order valence-corrected chi connectivity index (χ0v) is 16.8. The molecule has 10 heteroatoms. The third-order valence-electron chi connectivity index (χ3n) is 1.98. The largest absolute Gasteiger partial charge is 0.486 e. The minimum absolute atomic E-state index is 0.525. The quantitative estimate of drug-likeness (QED) is 0.240. The molecule has 23 heavy (non-hydrogen) atoms. The molecule has 136 valence electrons. The van der Waals surface area contributed by atoms with Crippen molar-refractivity contribution in [1.29, 1.82) is 0 Å². The van der Waals surface area contributed by atoms with Crippen LogP contribution < -0.4 is 0 Å². The van der Waals surface area contributed by atoms with Gasteiger partial charge in [-0.2, -0.15) is 0 Å². The van der Waals surface area contributed by atoms with Crippen molar-refractivity contribution in [3.63, 3.8) is 0 Å². The third-order valence-corrected chi connectivity index (χ3v) is 7.40. The number of hydrogen-bond acceptors (Lipinski definition) is 6. The maximum absolute atomic E-state index is 13.1. The molecule has 0 aliphatic heterocycles. The Morgan fingerprint density at radius 1 is 0.696 bits per heavy atom. The van der Waals surface area contributed by atoms with Crippen LogP contribution in [0.3, 0.4) is 0 Å². The molecule has 0 heterocycles. The average molecular weight is 370 g/mol. The molecule has 0 spiro atoms. The molecule has 0 saturated heterocycles. The van der Waals surface area contributed by atoms with E-state index < -0.39 is 44.8 Å². The van der Waals surface area contributed by atoms with E-state index in [0.717, 1.165) is 0 Å². The summed E-state index contributed by atoms with van der Waals surface area (Å²) in [7, 11) is -8.38. The Hall–Kier alpha value is -0.320. The molecule has 0 fully saturated rings. The monoisotopic (exact) mass is 370 g/mol. The molecule has 0 atom stereocenters. The lowest BCUT2D eigenvalue weighted by atomic mass is 10.5. The molecule has 0 aliphatic carbocycles. The van der Waals surface area contributed by atoms with Gasteiger partial charge in [0.25, 0.3) is 0 Å². The van der Waals surface area contributed by atoms with Crippen LogP contribution in [0.2, 0.25) is 0 Å². The fourth-order valence-corrected chi connectivity index (χ4v) is 6.29. The zero-order chi connectivity index (χ0) is 18.4. The predicted octanol–water partition coefficient (Wildman–Crippen LogP) is 4.66. The van der Waals surface area contributed by atoms with Crippen molar-refractivity contribution < 1.29 is 32.0 Å². The first kappa shape index (κ1) is 22.7. The van der Waals surface area contributed by atoms with Crippen molar-refractivity contribution in [2.45, 2.75) is 79.8 Å². The first-order valence-corrected chi connectivity index (χ1v) is 10.6. The summed E-state index contributed by atoms with van der Waals surface area (Å²) < 4.78 is 47.5. The fraction of sp³-hybridized carbons (Fsp3) is 0.923. The lowest BCUT2D eigenvalue weighted by Gasteiger charge is -2.24. The van der Waals surface area contributed by atoms with Crippen LogP contribution in [0.15, 0.2) is 0 Å². The summed E-state index contributed by atoms with van der Waals surface area (Å²) in [6.07, 6.45) is -2.10. The molecule has 0 radical (unpaired) electrons.